The van der Waals surface area contributed by atoms with Crippen molar-refractivity contribution < 1.29 is 4.79 Å². The van der Waals surface area contributed by atoms with E-state index in [0.29, 0.717) is 12.6 Å². The van der Waals surface area contributed by atoms with Crippen molar-refractivity contribution in [1.82, 2.24) is 15.1 Å². The second kappa shape index (κ2) is 10.4. The molecule has 0 atom stereocenters. The zero-order valence-electron chi connectivity index (χ0n) is 16.3. The Morgan fingerprint density at radius 3 is 2.40 bits per heavy atom. The van der Waals surface area contributed by atoms with E-state index in [1.807, 2.05) is 11.9 Å². The number of nitrogens with zero attached hydrogens (tertiary/aromatic N) is 2. The summed E-state index contributed by atoms with van der Waals surface area (Å²) >= 11 is 0. The summed E-state index contributed by atoms with van der Waals surface area (Å²) in [4.78, 5) is 16.7. The second-order valence-electron chi connectivity index (χ2n) is 7.42. The SMILES string of the molecule is CCN(C)Cc1cccc(CNC(=O)N(C)C2CCCCCCC2)c1. The van der Waals surface area contributed by atoms with E-state index in [4.69, 9.17) is 0 Å². The summed E-state index contributed by atoms with van der Waals surface area (Å²) in [5.41, 5.74) is 2.46. The summed E-state index contributed by atoms with van der Waals surface area (Å²) in [6.07, 6.45) is 8.75. The van der Waals surface area contributed by atoms with Crippen LogP contribution in [0.3, 0.4) is 0 Å². The van der Waals surface area contributed by atoms with Crippen molar-refractivity contribution in [1.29, 1.82) is 0 Å². The smallest absolute Gasteiger partial charge is 0.317 e. The van der Waals surface area contributed by atoms with Crippen LogP contribution in [0.15, 0.2) is 24.3 Å². The summed E-state index contributed by atoms with van der Waals surface area (Å²) in [5.74, 6) is 0. The fraction of sp³-hybridized carbons (Fsp3) is 0.667. The molecule has 1 fully saturated rings. The van der Waals surface area contributed by atoms with Crippen molar-refractivity contribution in [2.75, 3.05) is 20.6 Å². The molecule has 1 saturated carbocycles. The Kier molecular flexibility index (Phi) is 8.26. The number of carbonyl (C=O) groups is 1. The summed E-state index contributed by atoms with van der Waals surface area (Å²) < 4.78 is 0. The molecule has 0 heterocycles. The van der Waals surface area contributed by atoms with E-state index in [9.17, 15) is 4.79 Å². The molecule has 140 valence electrons. The third-order valence-corrected chi connectivity index (χ3v) is 5.37. The first-order valence-electron chi connectivity index (χ1n) is 9.87. The van der Waals surface area contributed by atoms with Gasteiger partial charge in [0.05, 0.1) is 0 Å². The number of benzene rings is 1. The minimum atomic E-state index is 0.0571. The van der Waals surface area contributed by atoms with Crippen LogP contribution in [0.4, 0.5) is 4.79 Å². The highest BCUT2D eigenvalue weighted by Crippen LogP contribution is 2.20. The number of nitrogens with one attached hydrogen (secondary N) is 1. The number of carbonyl (C=O) groups excluding carboxylic acids is 1. The van der Waals surface area contributed by atoms with Gasteiger partial charge in [-0.15, -0.1) is 0 Å². The molecule has 2 amide bonds. The molecular weight excluding hydrogens is 310 g/mol. The quantitative estimate of drug-likeness (QED) is 0.830. The second-order valence-corrected chi connectivity index (χ2v) is 7.42. The summed E-state index contributed by atoms with van der Waals surface area (Å²) in [7, 11) is 4.08. The first-order chi connectivity index (χ1) is 12.1. The molecule has 0 bridgehead atoms. The van der Waals surface area contributed by atoms with Crippen molar-refractivity contribution in [3.05, 3.63) is 35.4 Å². The zero-order valence-corrected chi connectivity index (χ0v) is 16.3. The molecule has 0 radical (unpaired) electrons. The Balaban J connectivity index is 1.85. The molecule has 1 aliphatic carbocycles. The number of amides is 2. The lowest BCUT2D eigenvalue weighted by atomic mass is 9.96. The third kappa shape index (κ3) is 6.69. The maximum atomic E-state index is 12.5. The zero-order chi connectivity index (χ0) is 18.1. The van der Waals surface area contributed by atoms with E-state index in [2.05, 4.69) is 48.5 Å². The van der Waals surface area contributed by atoms with Crippen LogP contribution in [0.25, 0.3) is 0 Å². The maximum Gasteiger partial charge on any atom is 0.317 e. The van der Waals surface area contributed by atoms with Gasteiger partial charge in [-0.2, -0.15) is 0 Å². The lowest BCUT2D eigenvalue weighted by Gasteiger charge is -2.30. The standard InChI is InChI=1S/C21H35N3O/c1-4-23(2)17-19-12-10-11-18(15-19)16-22-21(25)24(3)20-13-8-6-5-7-9-14-20/h10-12,15,20H,4-9,13-14,16-17H2,1-3H3,(H,22,25). The van der Waals surface area contributed by atoms with E-state index < -0.39 is 0 Å². The van der Waals surface area contributed by atoms with Gasteiger partial charge in [-0.3, -0.25) is 0 Å². The molecule has 1 N–H and O–H groups in total. The number of hydrogen-bond donors (Lipinski definition) is 1. The molecular formula is C21H35N3O. The fourth-order valence-electron chi connectivity index (χ4n) is 3.55. The van der Waals surface area contributed by atoms with Gasteiger partial charge in [-0.25, -0.2) is 4.79 Å². The summed E-state index contributed by atoms with van der Waals surface area (Å²) in [5, 5.41) is 3.10. The van der Waals surface area contributed by atoms with Gasteiger partial charge in [0.25, 0.3) is 0 Å². The average Bonchev–Trinajstić information content (AvgIpc) is 2.59. The first-order valence-corrected chi connectivity index (χ1v) is 9.87. The van der Waals surface area contributed by atoms with Crippen molar-refractivity contribution in [2.24, 2.45) is 0 Å². The van der Waals surface area contributed by atoms with Crippen LogP contribution in [0, 0.1) is 0 Å². The molecule has 1 aliphatic rings. The maximum absolute atomic E-state index is 12.5. The van der Waals surface area contributed by atoms with Crippen molar-refractivity contribution in [3.63, 3.8) is 0 Å². The van der Waals surface area contributed by atoms with E-state index in [1.165, 1.54) is 43.2 Å². The van der Waals surface area contributed by atoms with Crippen LogP contribution in [-0.2, 0) is 13.1 Å². The predicted octanol–water partition coefficient (Wildman–Crippen LogP) is 4.39. The number of rotatable bonds is 6. The van der Waals surface area contributed by atoms with Gasteiger partial charge in [0.2, 0.25) is 0 Å². The molecule has 25 heavy (non-hydrogen) atoms. The molecule has 0 saturated heterocycles. The minimum Gasteiger partial charge on any atom is -0.334 e. The van der Waals surface area contributed by atoms with Crippen LogP contribution in [-0.4, -0.2) is 42.5 Å². The van der Waals surface area contributed by atoms with Crippen LogP contribution in [0.2, 0.25) is 0 Å². The lowest BCUT2D eigenvalue weighted by molar-refractivity contribution is 0.178. The topological polar surface area (TPSA) is 35.6 Å². The number of urea groups is 1. The van der Waals surface area contributed by atoms with E-state index in [-0.39, 0.29) is 6.03 Å². The molecule has 0 aliphatic heterocycles. The van der Waals surface area contributed by atoms with Crippen molar-refractivity contribution in [2.45, 2.75) is 71.0 Å². The monoisotopic (exact) mass is 345 g/mol. The molecule has 0 spiro atoms. The van der Waals surface area contributed by atoms with Gasteiger partial charge >= 0.3 is 6.03 Å². The first kappa shape index (κ1) is 19.8. The van der Waals surface area contributed by atoms with E-state index in [0.717, 1.165) is 25.9 Å². The summed E-state index contributed by atoms with van der Waals surface area (Å²) in [6.45, 7) is 4.74. The van der Waals surface area contributed by atoms with Gasteiger partial charge in [-0.05, 0) is 37.6 Å². The van der Waals surface area contributed by atoms with Gasteiger partial charge in [0, 0.05) is 26.2 Å². The average molecular weight is 346 g/mol. The van der Waals surface area contributed by atoms with Crippen LogP contribution in [0.1, 0.15) is 63.0 Å². The predicted molar refractivity (Wildman–Crippen MR) is 105 cm³/mol. The molecule has 2 rings (SSSR count). The van der Waals surface area contributed by atoms with Crippen LogP contribution < -0.4 is 5.32 Å². The fourth-order valence-corrected chi connectivity index (χ4v) is 3.55. The third-order valence-electron chi connectivity index (χ3n) is 5.37. The Morgan fingerprint density at radius 2 is 1.72 bits per heavy atom. The lowest BCUT2D eigenvalue weighted by Crippen LogP contribution is -2.43. The van der Waals surface area contributed by atoms with Gasteiger partial charge in [0.1, 0.15) is 0 Å². The molecule has 0 unspecified atom stereocenters. The highest BCUT2D eigenvalue weighted by atomic mass is 16.2. The Bertz CT molecular complexity index is 524. The minimum absolute atomic E-state index is 0.0571. The Labute approximate surface area is 153 Å². The molecule has 4 nitrogen and oxygen atoms in total. The molecule has 1 aromatic rings. The van der Waals surface area contributed by atoms with Crippen molar-refractivity contribution in [3.8, 4) is 0 Å². The van der Waals surface area contributed by atoms with Gasteiger partial charge in [0.15, 0.2) is 0 Å². The molecule has 0 aromatic heterocycles. The van der Waals surface area contributed by atoms with Crippen molar-refractivity contribution >= 4 is 6.03 Å². The number of hydrogen-bond acceptors (Lipinski definition) is 2. The van der Waals surface area contributed by atoms with Gasteiger partial charge < -0.3 is 15.1 Å². The summed E-state index contributed by atoms with van der Waals surface area (Å²) in [6, 6.07) is 8.97. The molecule has 1 aromatic carbocycles. The van der Waals surface area contributed by atoms with E-state index in [1.54, 1.807) is 0 Å². The van der Waals surface area contributed by atoms with E-state index >= 15 is 0 Å². The van der Waals surface area contributed by atoms with Gasteiger partial charge in [-0.1, -0.05) is 63.3 Å². The van der Waals surface area contributed by atoms with Crippen LogP contribution >= 0.6 is 0 Å². The largest absolute Gasteiger partial charge is 0.334 e. The highest BCUT2D eigenvalue weighted by Gasteiger charge is 2.20. The molecule has 4 heteroatoms. The highest BCUT2D eigenvalue weighted by molar-refractivity contribution is 5.74. The normalized spacial score (nSPS) is 16.3. The van der Waals surface area contributed by atoms with Crippen LogP contribution in [0.5, 0.6) is 0 Å². The Morgan fingerprint density at radius 1 is 1.08 bits per heavy atom. The Hall–Kier alpha value is -1.55.